The van der Waals surface area contributed by atoms with Crippen molar-refractivity contribution in [2.24, 2.45) is 0 Å². The molecule has 2 aromatic carbocycles. The van der Waals surface area contributed by atoms with Gasteiger partial charge in [-0.15, -0.1) is 0 Å². The molecule has 0 heterocycles. The summed E-state index contributed by atoms with van der Waals surface area (Å²) >= 11 is 0. The van der Waals surface area contributed by atoms with Crippen LogP contribution in [0.4, 0.5) is 0 Å². The van der Waals surface area contributed by atoms with Crippen LogP contribution in [0.1, 0.15) is 29.5 Å². The predicted molar refractivity (Wildman–Crippen MR) is 85.0 cm³/mol. The van der Waals surface area contributed by atoms with Crippen molar-refractivity contribution in [2.45, 2.75) is 32.3 Å². The lowest BCUT2D eigenvalue weighted by molar-refractivity contribution is 0.272. The minimum Gasteiger partial charge on any atom is -0.485 e. The maximum atomic E-state index is 8.75. The van der Waals surface area contributed by atoms with Gasteiger partial charge in [-0.25, -0.2) is 0 Å². The van der Waals surface area contributed by atoms with Crippen LogP contribution in [0.2, 0.25) is 0 Å². The summed E-state index contributed by atoms with van der Waals surface area (Å²) in [5.74, 6) is 1.49. The molecule has 0 fully saturated rings. The van der Waals surface area contributed by atoms with Crippen molar-refractivity contribution in [2.75, 3.05) is 6.61 Å². The molecule has 0 aliphatic heterocycles. The summed E-state index contributed by atoms with van der Waals surface area (Å²) in [5.41, 5.74) is 3.72. The van der Waals surface area contributed by atoms with Gasteiger partial charge >= 0.3 is 0 Å². The van der Waals surface area contributed by atoms with E-state index in [4.69, 9.17) is 14.7 Å². The van der Waals surface area contributed by atoms with Crippen molar-refractivity contribution in [1.82, 2.24) is 0 Å². The summed E-state index contributed by atoms with van der Waals surface area (Å²) in [6.07, 6.45) is 4.51. The second kappa shape index (κ2) is 7.00. The summed E-state index contributed by atoms with van der Waals surface area (Å²) in [6, 6.07) is 16.2. The molecule has 22 heavy (non-hydrogen) atoms. The molecule has 2 aromatic rings. The normalized spacial score (nSPS) is 13.0. The van der Waals surface area contributed by atoms with Gasteiger partial charge in [0.15, 0.2) is 18.1 Å². The van der Waals surface area contributed by atoms with Crippen LogP contribution in [-0.4, -0.2) is 6.61 Å². The zero-order chi connectivity index (χ0) is 15.2. The van der Waals surface area contributed by atoms with Crippen molar-refractivity contribution < 1.29 is 9.47 Å². The van der Waals surface area contributed by atoms with Gasteiger partial charge in [0.25, 0.3) is 0 Å². The highest BCUT2D eigenvalue weighted by atomic mass is 16.5. The van der Waals surface area contributed by atoms with Gasteiger partial charge in [-0.3, -0.25) is 0 Å². The molecule has 0 saturated carbocycles. The molecular formula is C19H19NO2. The average molecular weight is 293 g/mol. The van der Waals surface area contributed by atoms with E-state index in [1.807, 2.05) is 42.5 Å². The Kier molecular flexibility index (Phi) is 4.60. The first-order valence-electron chi connectivity index (χ1n) is 7.69. The van der Waals surface area contributed by atoms with Crippen molar-refractivity contribution in [3.63, 3.8) is 0 Å². The number of nitriles is 1. The van der Waals surface area contributed by atoms with Crippen LogP contribution in [0, 0.1) is 11.3 Å². The SMILES string of the molecule is N#CCOc1ccc2c(c1OCc1ccccc1)CCCC2. The maximum absolute atomic E-state index is 8.75. The van der Waals surface area contributed by atoms with Crippen molar-refractivity contribution in [3.8, 4) is 17.6 Å². The Bertz CT molecular complexity index is 674. The van der Waals surface area contributed by atoms with Crippen molar-refractivity contribution in [1.29, 1.82) is 5.26 Å². The Balaban J connectivity index is 1.87. The molecule has 1 aliphatic rings. The van der Waals surface area contributed by atoms with E-state index >= 15 is 0 Å². The van der Waals surface area contributed by atoms with Gasteiger partial charge in [-0.2, -0.15) is 5.26 Å². The van der Waals surface area contributed by atoms with Gasteiger partial charge in [-0.05, 0) is 42.9 Å². The molecule has 0 amide bonds. The molecule has 3 heteroatoms. The standard InChI is InChI=1S/C19H19NO2/c20-12-13-21-18-11-10-16-8-4-5-9-17(16)19(18)22-14-15-6-2-1-3-7-15/h1-3,6-7,10-11H,4-5,8-9,13-14H2. The zero-order valence-electron chi connectivity index (χ0n) is 12.5. The molecule has 0 N–H and O–H groups in total. The number of aryl methyl sites for hydroxylation is 1. The maximum Gasteiger partial charge on any atom is 0.174 e. The smallest absolute Gasteiger partial charge is 0.174 e. The molecule has 112 valence electrons. The first kappa shape index (κ1) is 14.5. The van der Waals surface area contributed by atoms with Gasteiger partial charge in [0.2, 0.25) is 0 Å². The lowest BCUT2D eigenvalue weighted by Crippen LogP contribution is -2.09. The van der Waals surface area contributed by atoms with Crippen LogP contribution in [0.3, 0.4) is 0 Å². The fourth-order valence-corrected chi connectivity index (χ4v) is 2.88. The second-order valence-electron chi connectivity index (χ2n) is 5.46. The topological polar surface area (TPSA) is 42.2 Å². The summed E-state index contributed by atoms with van der Waals surface area (Å²) in [6.45, 7) is 0.556. The molecule has 0 aromatic heterocycles. The van der Waals surface area contributed by atoms with Crippen LogP contribution in [-0.2, 0) is 19.4 Å². The number of nitrogens with zero attached hydrogens (tertiary/aromatic N) is 1. The van der Waals surface area contributed by atoms with E-state index in [0.29, 0.717) is 12.4 Å². The molecule has 0 spiro atoms. The number of fused-ring (bicyclic) bond motifs is 1. The second-order valence-corrected chi connectivity index (χ2v) is 5.46. The monoisotopic (exact) mass is 293 g/mol. The summed E-state index contributed by atoms with van der Waals surface area (Å²) in [7, 11) is 0. The molecule has 3 nitrogen and oxygen atoms in total. The van der Waals surface area contributed by atoms with Crippen LogP contribution < -0.4 is 9.47 Å². The predicted octanol–water partition coefficient (Wildman–Crippen LogP) is 4.05. The Morgan fingerprint density at radius 2 is 1.77 bits per heavy atom. The van der Waals surface area contributed by atoms with E-state index in [9.17, 15) is 0 Å². The number of benzene rings is 2. The molecule has 0 unspecified atom stereocenters. The Labute approximate surface area is 131 Å². The first-order chi connectivity index (χ1) is 10.9. The lowest BCUT2D eigenvalue weighted by Gasteiger charge is -2.22. The van der Waals surface area contributed by atoms with E-state index in [2.05, 4.69) is 6.07 Å². The molecule has 0 bridgehead atoms. The van der Waals surface area contributed by atoms with Crippen molar-refractivity contribution in [3.05, 3.63) is 59.2 Å². The molecule has 0 atom stereocenters. The quantitative estimate of drug-likeness (QED) is 0.835. The van der Waals surface area contributed by atoms with Crippen molar-refractivity contribution >= 4 is 0 Å². The molecule has 0 saturated heterocycles. The van der Waals surface area contributed by atoms with E-state index in [1.54, 1.807) is 0 Å². The highest BCUT2D eigenvalue weighted by Crippen LogP contribution is 2.38. The van der Waals surface area contributed by atoms with Crippen LogP contribution in [0.5, 0.6) is 11.5 Å². The fraction of sp³-hybridized carbons (Fsp3) is 0.316. The van der Waals surface area contributed by atoms with Gasteiger partial charge < -0.3 is 9.47 Å². The molecular weight excluding hydrogens is 274 g/mol. The Morgan fingerprint density at radius 3 is 2.59 bits per heavy atom. The number of hydrogen-bond donors (Lipinski definition) is 0. The molecule has 3 rings (SSSR count). The first-order valence-corrected chi connectivity index (χ1v) is 7.69. The van der Waals surface area contributed by atoms with Gasteiger partial charge in [0, 0.05) is 5.56 Å². The minimum atomic E-state index is 0.0421. The summed E-state index contributed by atoms with van der Waals surface area (Å²) < 4.78 is 11.6. The Morgan fingerprint density at radius 1 is 0.955 bits per heavy atom. The van der Waals surface area contributed by atoms with Gasteiger partial charge in [0.1, 0.15) is 12.7 Å². The third-order valence-corrected chi connectivity index (χ3v) is 3.96. The van der Waals surface area contributed by atoms with E-state index in [0.717, 1.165) is 24.2 Å². The van der Waals surface area contributed by atoms with Crippen LogP contribution >= 0.6 is 0 Å². The number of ether oxygens (including phenoxy) is 2. The van der Waals surface area contributed by atoms with Crippen LogP contribution in [0.15, 0.2) is 42.5 Å². The number of hydrogen-bond acceptors (Lipinski definition) is 3. The highest BCUT2D eigenvalue weighted by Gasteiger charge is 2.19. The minimum absolute atomic E-state index is 0.0421. The van der Waals surface area contributed by atoms with Crippen LogP contribution in [0.25, 0.3) is 0 Å². The molecule has 1 aliphatic carbocycles. The van der Waals surface area contributed by atoms with E-state index < -0.39 is 0 Å². The van der Waals surface area contributed by atoms with Gasteiger partial charge in [0.05, 0.1) is 0 Å². The zero-order valence-corrected chi connectivity index (χ0v) is 12.5. The van der Waals surface area contributed by atoms with E-state index in [-0.39, 0.29) is 6.61 Å². The Hall–Kier alpha value is -2.47. The fourth-order valence-electron chi connectivity index (χ4n) is 2.88. The summed E-state index contributed by atoms with van der Waals surface area (Å²) in [4.78, 5) is 0. The third kappa shape index (κ3) is 3.23. The molecule has 0 radical (unpaired) electrons. The largest absolute Gasteiger partial charge is 0.485 e. The number of rotatable bonds is 5. The summed E-state index contributed by atoms with van der Waals surface area (Å²) in [5, 5.41) is 8.75. The van der Waals surface area contributed by atoms with E-state index in [1.165, 1.54) is 24.0 Å². The average Bonchev–Trinajstić information content (AvgIpc) is 2.59. The lowest BCUT2D eigenvalue weighted by atomic mass is 9.91. The van der Waals surface area contributed by atoms with Gasteiger partial charge in [-0.1, -0.05) is 36.4 Å². The third-order valence-electron chi connectivity index (χ3n) is 3.96. The highest BCUT2D eigenvalue weighted by molar-refractivity contribution is 5.52.